The fourth-order valence-electron chi connectivity index (χ4n) is 1.44. The van der Waals surface area contributed by atoms with Crippen molar-refractivity contribution in [3.8, 4) is 0 Å². The first-order valence-electron chi connectivity index (χ1n) is 4.81. The van der Waals surface area contributed by atoms with Gasteiger partial charge in [-0.05, 0) is 6.42 Å². The molecule has 1 saturated heterocycles. The van der Waals surface area contributed by atoms with Crippen LogP contribution in [0.4, 0.5) is 0 Å². The Hall–Kier alpha value is -0.220. The van der Waals surface area contributed by atoms with Gasteiger partial charge in [0.05, 0.1) is 6.04 Å². The average molecular weight is 202 g/mol. The summed E-state index contributed by atoms with van der Waals surface area (Å²) in [4.78, 5) is 13.6. The van der Waals surface area contributed by atoms with Gasteiger partial charge in [0.15, 0.2) is 0 Å². The predicted octanol–water partition coefficient (Wildman–Crippen LogP) is 0.560. The van der Waals surface area contributed by atoms with E-state index in [1.807, 2.05) is 23.7 Å². The number of hydrogen-bond donors (Lipinski definition) is 1. The fraction of sp³-hybridized carbons (Fsp3) is 0.889. The number of carbonyl (C=O) groups is 1. The Morgan fingerprint density at radius 3 is 3.00 bits per heavy atom. The van der Waals surface area contributed by atoms with Crippen molar-refractivity contribution in [1.82, 2.24) is 10.2 Å². The molecule has 13 heavy (non-hydrogen) atoms. The summed E-state index contributed by atoms with van der Waals surface area (Å²) in [5.74, 6) is 2.29. The zero-order valence-corrected chi connectivity index (χ0v) is 9.19. The molecule has 0 bridgehead atoms. The van der Waals surface area contributed by atoms with E-state index in [-0.39, 0.29) is 11.9 Å². The van der Waals surface area contributed by atoms with Crippen LogP contribution >= 0.6 is 11.8 Å². The van der Waals surface area contributed by atoms with Gasteiger partial charge < -0.3 is 10.2 Å². The molecule has 1 heterocycles. The van der Waals surface area contributed by atoms with E-state index in [1.165, 1.54) is 0 Å². The normalized spacial score (nSPS) is 22.8. The largest absolute Gasteiger partial charge is 0.344 e. The minimum Gasteiger partial charge on any atom is -0.344 e. The summed E-state index contributed by atoms with van der Waals surface area (Å²) in [6, 6.07) is 0.0512. The molecule has 1 rings (SSSR count). The minimum absolute atomic E-state index is 0.0512. The van der Waals surface area contributed by atoms with Gasteiger partial charge in [-0.3, -0.25) is 4.79 Å². The van der Waals surface area contributed by atoms with Gasteiger partial charge in [-0.25, -0.2) is 0 Å². The van der Waals surface area contributed by atoms with E-state index in [9.17, 15) is 4.79 Å². The van der Waals surface area contributed by atoms with Gasteiger partial charge >= 0.3 is 0 Å². The van der Waals surface area contributed by atoms with Crippen molar-refractivity contribution in [2.45, 2.75) is 19.4 Å². The third-order valence-corrected chi connectivity index (χ3v) is 3.22. The van der Waals surface area contributed by atoms with E-state index in [4.69, 9.17) is 0 Å². The van der Waals surface area contributed by atoms with E-state index in [2.05, 4.69) is 12.2 Å². The van der Waals surface area contributed by atoms with Gasteiger partial charge in [0.25, 0.3) is 0 Å². The lowest BCUT2D eigenvalue weighted by molar-refractivity contribution is -0.131. The van der Waals surface area contributed by atoms with Gasteiger partial charge in [0, 0.05) is 31.6 Å². The first kappa shape index (κ1) is 10.9. The van der Waals surface area contributed by atoms with Gasteiger partial charge in [0.1, 0.15) is 0 Å². The maximum Gasteiger partial charge on any atom is 0.240 e. The fourth-order valence-corrected chi connectivity index (χ4v) is 2.36. The third kappa shape index (κ3) is 3.19. The van der Waals surface area contributed by atoms with Crippen LogP contribution in [0.25, 0.3) is 0 Å². The molecular formula is C9H18N2OS. The number of likely N-dealkylation sites (N-methyl/N-ethyl adjacent to an activating group) is 1. The van der Waals surface area contributed by atoms with Crippen molar-refractivity contribution < 1.29 is 4.79 Å². The van der Waals surface area contributed by atoms with Gasteiger partial charge in [0.2, 0.25) is 5.91 Å². The van der Waals surface area contributed by atoms with Gasteiger partial charge in [-0.2, -0.15) is 11.8 Å². The molecule has 1 atom stereocenters. The molecular weight excluding hydrogens is 184 g/mol. The van der Waals surface area contributed by atoms with Crippen LogP contribution in [0.1, 0.15) is 13.3 Å². The molecule has 0 saturated carbocycles. The maximum absolute atomic E-state index is 11.7. The number of rotatable bonds is 3. The van der Waals surface area contributed by atoms with Crippen molar-refractivity contribution in [1.29, 1.82) is 0 Å². The first-order chi connectivity index (χ1) is 6.25. The van der Waals surface area contributed by atoms with Crippen molar-refractivity contribution in [3.05, 3.63) is 0 Å². The molecule has 0 aromatic heterocycles. The molecule has 1 amide bonds. The summed E-state index contributed by atoms with van der Waals surface area (Å²) in [5, 5.41) is 3.25. The summed E-state index contributed by atoms with van der Waals surface area (Å²) in [5.41, 5.74) is 0. The monoisotopic (exact) mass is 202 g/mol. The molecule has 1 aliphatic heterocycles. The first-order valence-corrected chi connectivity index (χ1v) is 5.97. The quantitative estimate of drug-likeness (QED) is 0.726. The predicted molar refractivity (Wildman–Crippen MR) is 57.0 cm³/mol. The highest BCUT2D eigenvalue weighted by Gasteiger charge is 2.23. The number of thioether (sulfide) groups is 1. The van der Waals surface area contributed by atoms with E-state index < -0.39 is 0 Å². The number of nitrogens with zero attached hydrogens (tertiary/aromatic N) is 1. The number of amides is 1. The second kappa shape index (κ2) is 5.50. The third-order valence-electron chi connectivity index (χ3n) is 2.15. The average Bonchev–Trinajstić information content (AvgIpc) is 2.18. The molecule has 0 aliphatic carbocycles. The van der Waals surface area contributed by atoms with Gasteiger partial charge in [-0.1, -0.05) is 6.92 Å². The van der Waals surface area contributed by atoms with E-state index >= 15 is 0 Å². The molecule has 0 radical (unpaired) electrons. The molecule has 4 heteroatoms. The zero-order chi connectivity index (χ0) is 9.68. The van der Waals surface area contributed by atoms with Crippen molar-refractivity contribution in [2.24, 2.45) is 0 Å². The van der Waals surface area contributed by atoms with Crippen LogP contribution in [-0.4, -0.2) is 48.5 Å². The summed E-state index contributed by atoms with van der Waals surface area (Å²) >= 11 is 1.86. The molecule has 3 nitrogen and oxygen atoms in total. The minimum atomic E-state index is 0.0512. The lowest BCUT2D eigenvalue weighted by Gasteiger charge is -2.26. The topological polar surface area (TPSA) is 32.3 Å². The second-order valence-electron chi connectivity index (χ2n) is 3.34. The van der Waals surface area contributed by atoms with Crippen LogP contribution in [0.15, 0.2) is 0 Å². The zero-order valence-electron chi connectivity index (χ0n) is 8.38. The Balaban J connectivity index is 2.36. The molecule has 1 aliphatic rings. The van der Waals surface area contributed by atoms with E-state index in [0.29, 0.717) is 0 Å². The van der Waals surface area contributed by atoms with Crippen LogP contribution in [-0.2, 0) is 4.79 Å². The maximum atomic E-state index is 11.7. The summed E-state index contributed by atoms with van der Waals surface area (Å²) in [6.07, 6.45) is 1.03. The number of carbonyl (C=O) groups excluding carboxylic acids is 1. The van der Waals surface area contributed by atoms with Crippen LogP contribution in [0, 0.1) is 0 Å². The van der Waals surface area contributed by atoms with Crippen LogP contribution < -0.4 is 5.32 Å². The molecule has 0 spiro atoms. The Morgan fingerprint density at radius 1 is 1.69 bits per heavy atom. The van der Waals surface area contributed by atoms with Gasteiger partial charge in [-0.15, -0.1) is 0 Å². The Bertz CT molecular complexity index is 169. The molecule has 0 aromatic carbocycles. The van der Waals surface area contributed by atoms with Crippen LogP contribution in [0.2, 0.25) is 0 Å². The number of hydrogen-bond acceptors (Lipinski definition) is 3. The summed E-state index contributed by atoms with van der Waals surface area (Å²) in [7, 11) is 1.88. The second-order valence-corrected chi connectivity index (χ2v) is 4.49. The Morgan fingerprint density at radius 2 is 2.46 bits per heavy atom. The lowest BCUT2D eigenvalue weighted by atomic mass is 10.2. The van der Waals surface area contributed by atoms with E-state index in [0.717, 1.165) is 31.0 Å². The van der Waals surface area contributed by atoms with Crippen molar-refractivity contribution >= 4 is 17.7 Å². The Labute approximate surface area is 84.2 Å². The lowest BCUT2D eigenvalue weighted by Crippen LogP contribution is -2.49. The Kier molecular flexibility index (Phi) is 4.59. The SMILES string of the molecule is CCCN(C)C(=O)C1CSCCN1. The molecule has 1 fully saturated rings. The van der Waals surface area contributed by atoms with E-state index in [1.54, 1.807) is 0 Å². The standard InChI is InChI=1S/C9H18N2OS/c1-3-5-11(2)9(12)8-7-13-6-4-10-8/h8,10H,3-7H2,1-2H3. The molecule has 76 valence electrons. The number of nitrogens with one attached hydrogen (secondary N) is 1. The highest BCUT2D eigenvalue weighted by Crippen LogP contribution is 2.09. The van der Waals surface area contributed by atoms with Crippen molar-refractivity contribution in [3.63, 3.8) is 0 Å². The highest BCUT2D eigenvalue weighted by atomic mass is 32.2. The van der Waals surface area contributed by atoms with Crippen LogP contribution in [0.3, 0.4) is 0 Å². The van der Waals surface area contributed by atoms with Crippen molar-refractivity contribution in [2.75, 3.05) is 31.6 Å². The summed E-state index contributed by atoms with van der Waals surface area (Å²) < 4.78 is 0. The molecule has 1 unspecified atom stereocenters. The smallest absolute Gasteiger partial charge is 0.240 e. The molecule has 0 aromatic rings. The highest BCUT2D eigenvalue weighted by molar-refractivity contribution is 7.99. The molecule has 1 N–H and O–H groups in total. The summed E-state index contributed by atoms with van der Waals surface area (Å²) in [6.45, 7) is 3.91. The van der Waals surface area contributed by atoms with Crippen LogP contribution in [0.5, 0.6) is 0 Å².